The van der Waals surface area contributed by atoms with Gasteiger partial charge >= 0.3 is 0 Å². The molecule has 0 radical (unpaired) electrons. The largest absolute Gasteiger partial charge is 0.496 e. The van der Waals surface area contributed by atoms with Crippen LogP contribution in [0.5, 0.6) is 5.75 Å². The summed E-state index contributed by atoms with van der Waals surface area (Å²) < 4.78 is 18.1. The van der Waals surface area contributed by atoms with Crippen LogP contribution in [0, 0.1) is 11.7 Å². The summed E-state index contributed by atoms with van der Waals surface area (Å²) in [6.07, 6.45) is 0. The van der Waals surface area contributed by atoms with Crippen LogP contribution in [0.25, 0.3) is 0 Å². The first-order valence-corrected chi connectivity index (χ1v) is 4.65. The summed E-state index contributed by atoms with van der Waals surface area (Å²) in [6, 6.07) is 4.21. The molecule has 3 heteroatoms. The normalized spacial score (nSPS) is 13.0. The highest BCUT2D eigenvalue weighted by Crippen LogP contribution is 2.28. The van der Waals surface area contributed by atoms with E-state index in [2.05, 4.69) is 0 Å². The van der Waals surface area contributed by atoms with Crippen molar-refractivity contribution in [2.24, 2.45) is 11.7 Å². The van der Waals surface area contributed by atoms with Gasteiger partial charge in [-0.15, -0.1) is 0 Å². The van der Waals surface area contributed by atoms with Gasteiger partial charge in [0.05, 0.1) is 7.11 Å². The van der Waals surface area contributed by atoms with Crippen molar-refractivity contribution in [3.05, 3.63) is 29.6 Å². The molecule has 0 spiro atoms. The van der Waals surface area contributed by atoms with Gasteiger partial charge in [-0.1, -0.05) is 13.8 Å². The van der Waals surface area contributed by atoms with Gasteiger partial charge in [-0.05, 0) is 24.1 Å². The highest BCUT2D eigenvalue weighted by molar-refractivity contribution is 5.36. The molecule has 0 heterocycles. The topological polar surface area (TPSA) is 35.2 Å². The number of ether oxygens (including phenoxy) is 1. The lowest BCUT2D eigenvalue weighted by molar-refractivity contribution is 0.394. The summed E-state index contributed by atoms with van der Waals surface area (Å²) in [6.45, 7) is 3.99. The number of benzene rings is 1. The van der Waals surface area contributed by atoms with Gasteiger partial charge in [-0.3, -0.25) is 0 Å². The summed E-state index contributed by atoms with van der Waals surface area (Å²) in [5, 5.41) is 0. The predicted molar refractivity (Wildman–Crippen MR) is 54.7 cm³/mol. The Hall–Kier alpha value is -1.09. The van der Waals surface area contributed by atoms with Gasteiger partial charge in [0.25, 0.3) is 0 Å². The molecule has 0 aliphatic heterocycles. The lowest BCUT2D eigenvalue weighted by Gasteiger charge is -2.18. The van der Waals surface area contributed by atoms with Crippen molar-refractivity contribution < 1.29 is 9.13 Å². The zero-order chi connectivity index (χ0) is 10.7. The van der Waals surface area contributed by atoms with Crippen LogP contribution in [0.4, 0.5) is 4.39 Å². The molecular formula is C11H16FNO. The van der Waals surface area contributed by atoms with Crippen LogP contribution in [0.1, 0.15) is 25.5 Å². The second-order valence-corrected chi connectivity index (χ2v) is 3.66. The Kier molecular flexibility index (Phi) is 3.47. The van der Waals surface area contributed by atoms with E-state index < -0.39 is 0 Å². The molecule has 0 aliphatic carbocycles. The lowest BCUT2D eigenvalue weighted by atomic mass is 9.96. The van der Waals surface area contributed by atoms with Crippen molar-refractivity contribution in [3.63, 3.8) is 0 Å². The standard InChI is InChI=1S/C11H16FNO/c1-7(2)11(13)9-6-8(12)4-5-10(9)14-3/h4-7,11H,13H2,1-3H3/t11-/m0/s1. The molecule has 0 aliphatic rings. The molecule has 0 saturated carbocycles. The summed E-state index contributed by atoms with van der Waals surface area (Å²) in [5.41, 5.74) is 6.66. The average Bonchev–Trinajstić information content (AvgIpc) is 2.16. The molecule has 2 nitrogen and oxygen atoms in total. The van der Waals surface area contributed by atoms with E-state index in [1.165, 1.54) is 12.1 Å². The number of hydrogen-bond acceptors (Lipinski definition) is 2. The lowest BCUT2D eigenvalue weighted by Crippen LogP contribution is -2.17. The molecule has 0 aromatic heterocycles. The minimum atomic E-state index is -0.281. The smallest absolute Gasteiger partial charge is 0.123 e. The highest BCUT2D eigenvalue weighted by atomic mass is 19.1. The third kappa shape index (κ3) is 2.23. The first kappa shape index (κ1) is 11.0. The Bertz CT molecular complexity index is 312. The Morgan fingerprint density at radius 3 is 2.50 bits per heavy atom. The molecule has 2 N–H and O–H groups in total. The zero-order valence-electron chi connectivity index (χ0n) is 8.75. The monoisotopic (exact) mass is 197 g/mol. The molecular weight excluding hydrogens is 181 g/mol. The van der Waals surface area contributed by atoms with Crippen LogP contribution in [-0.4, -0.2) is 7.11 Å². The van der Waals surface area contributed by atoms with E-state index in [-0.39, 0.29) is 17.8 Å². The maximum absolute atomic E-state index is 13.0. The van der Waals surface area contributed by atoms with Crippen LogP contribution >= 0.6 is 0 Å². The molecule has 78 valence electrons. The van der Waals surface area contributed by atoms with Gasteiger partial charge in [0, 0.05) is 11.6 Å². The van der Waals surface area contributed by atoms with Crippen molar-refractivity contribution in [1.82, 2.24) is 0 Å². The third-order valence-electron chi connectivity index (χ3n) is 2.27. The van der Waals surface area contributed by atoms with Crippen LogP contribution < -0.4 is 10.5 Å². The van der Waals surface area contributed by atoms with Gasteiger partial charge in [0.1, 0.15) is 11.6 Å². The summed E-state index contributed by atoms with van der Waals surface area (Å²) in [5.74, 6) is 0.621. The predicted octanol–water partition coefficient (Wildman–Crippen LogP) is 2.49. The molecule has 0 amide bonds. The second kappa shape index (κ2) is 4.42. The number of nitrogens with two attached hydrogens (primary N) is 1. The molecule has 14 heavy (non-hydrogen) atoms. The van der Waals surface area contributed by atoms with Crippen molar-refractivity contribution in [1.29, 1.82) is 0 Å². The van der Waals surface area contributed by atoms with Crippen molar-refractivity contribution in [2.75, 3.05) is 7.11 Å². The number of hydrogen-bond donors (Lipinski definition) is 1. The van der Waals surface area contributed by atoms with E-state index in [1.807, 2.05) is 13.8 Å². The highest BCUT2D eigenvalue weighted by Gasteiger charge is 2.15. The van der Waals surface area contributed by atoms with E-state index in [4.69, 9.17) is 10.5 Å². The van der Waals surface area contributed by atoms with E-state index >= 15 is 0 Å². The first-order chi connectivity index (χ1) is 6.56. The minimum Gasteiger partial charge on any atom is -0.496 e. The van der Waals surface area contributed by atoms with Gasteiger partial charge < -0.3 is 10.5 Å². The fraction of sp³-hybridized carbons (Fsp3) is 0.455. The molecule has 0 fully saturated rings. The second-order valence-electron chi connectivity index (χ2n) is 3.66. The molecule has 0 bridgehead atoms. The van der Waals surface area contributed by atoms with Crippen LogP contribution in [0.3, 0.4) is 0 Å². The summed E-state index contributed by atoms with van der Waals surface area (Å²) >= 11 is 0. The van der Waals surface area contributed by atoms with Gasteiger partial charge in [0.2, 0.25) is 0 Å². The molecule has 1 rings (SSSR count). The van der Waals surface area contributed by atoms with E-state index in [9.17, 15) is 4.39 Å². The Morgan fingerprint density at radius 2 is 2.00 bits per heavy atom. The van der Waals surface area contributed by atoms with Gasteiger partial charge in [-0.2, -0.15) is 0 Å². The zero-order valence-corrected chi connectivity index (χ0v) is 8.75. The molecule has 0 saturated heterocycles. The van der Waals surface area contributed by atoms with Gasteiger partial charge in [0.15, 0.2) is 0 Å². The maximum atomic E-state index is 13.0. The molecule has 1 atom stereocenters. The maximum Gasteiger partial charge on any atom is 0.123 e. The van der Waals surface area contributed by atoms with E-state index in [1.54, 1.807) is 13.2 Å². The minimum absolute atomic E-state index is 0.194. The van der Waals surface area contributed by atoms with Crippen molar-refractivity contribution in [3.8, 4) is 5.75 Å². The van der Waals surface area contributed by atoms with Gasteiger partial charge in [-0.25, -0.2) is 4.39 Å². The van der Waals surface area contributed by atoms with Crippen LogP contribution in [0.15, 0.2) is 18.2 Å². The Labute approximate surface area is 83.9 Å². The van der Waals surface area contributed by atoms with Crippen molar-refractivity contribution >= 4 is 0 Å². The van der Waals surface area contributed by atoms with E-state index in [0.717, 1.165) is 5.56 Å². The fourth-order valence-electron chi connectivity index (χ4n) is 1.32. The molecule has 1 aromatic rings. The SMILES string of the molecule is COc1ccc(F)cc1[C@@H](N)C(C)C. The summed E-state index contributed by atoms with van der Waals surface area (Å²) in [4.78, 5) is 0. The first-order valence-electron chi connectivity index (χ1n) is 4.65. The number of methoxy groups -OCH3 is 1. The molecule has 0 unspecified atom stereocenters. The molecule has 1 aromatic carbocycles. The number of rotatable bonds is 3. The van der Waals surface area contributed by atoms with Crippen LogP contribution in [0.2, 0.25) is 0 Å². The average molecular weight is 197 g/mol. The quantitative estimate of drug-likeness (QED) is 0.808. The summed E-state index contributed by atoms with van der Waals surface area (Å²) in [7, 11) is 1.56. The fourth-order valence-corrected chi connectivity index (χ4v) is 1.32. The number of halogens is 1. The Balaban J connectivity index is 3.10. The van der Waals surface area contributed by atoms with Crippen LogP contribution in [-0.2, 0) is 0 Å². The van der Waals surface area contributed by atoms with E-state index in [0.29, 0.717) is 5.75 Å². The van der Waals surface area contributed by atoms with Crippen molar-refractivity contribution in [2.45, 2.75) is 19.9 Å². The Morgan fingerprint density at radius 1 is 1.36 bits per heavy atom. The third-order valence-corrected chi connectivity index (χ3v) is 2.27.